The van der Waals surface area contributed by atoms with Gasteiger partial charge in [0.1, 0.15) is 5.82 Å². The van der Waals surface area contributed by atoms with Gasteiger partial charge in [-0.2, -0.15) is 4.98 Å². The molecule has 18 heavy (non-hydrogen) atoms. The summed E-state index contributed by atoms with van der Waals surface area (Å²) < 4.78 is 17.9. The van der Waals surface area contributed by atoms with E-state index in [1.54, 1.807) is 12.1 Å². The van der Waals surface area contributed by atoms with Crippen LogP contribution in [0.1, 0.15) is 37.2 Å². The van der Waals surface area contributed by atoms with Gasteiger partial charge in [-0.1, -0.05) is 31.1 Å². The van der Waals surface area contributed by atoms with Gasteiger partial charge < -0.3 is 10.3 Å². The maximum Gasteiger partial charge on any atom is 0.243 e. The van der Waals surface area contributed by atoms with Gasteiger partial charge in [0.15, 0.2) is 5.82 Å². The zero-order valence-corrected chi connectivity index (χ0v) is 10.4. The molecular formula is C13H16FN3O. The zero-order valence-electron chi connectivity index (χ0n) is 10.4. The second-order valence-electron chi connectivity index (χ2n) is 4.62. The Balaban J connectivity index is 2.09. The van der Waals surface area contributed by atoms with E-state index in [0.717, 1.165) is 5.56 Å². The molecule has 5 heteroatoms. The number of aromatic nitrogens is 2. The molecule has 0 saturated heterocycles. The highest BCUT2D eigenvalue weighted by Crippen LogP contribution is 2.17. The Morgan fingerprint density at radius 2 is 1.94 bits per heavy atom. The monoisotopic (exact) mass is 249 g/mol. The van der Waals surface area contributed by atoms with Crippen LogP contribution >= 0.6 is 0 Å². The Bertz CT molecular complexity index is 507. The average Bonchev–Trinajstić information content (AvgIpc) is 2.79. The summed E-state index contributed by atoms with van der Waals surface area (Å²) >= 11 is 0. The molecule has 1 heterocycles. The summed E-state index contributed by atoms with van der Waals surface area (Å²) in [5.74, 6) is 0.994. The third kappa shape index (κ3) is 2.92. The van der Waals surface area contributed by atoms with Crippen molar-refractivity contribution < 1.29 is 8.91 Å². The number of nitrogens with zero attached hydrogens (tertiary/aromatic N) is 2. The predicted molar refractivity (Wildman–Crippen MR) is 65.3 cm³/mol. The van der Waals surface area contributed by atoms with Crippen molar-refractivity contribution in [1.29, 1.82) is 0 Å². The van der Waals surface area contributed by atoms with Crippen LogP contribution < -0.4 is 5.73 Å². The van der Waals surface area contributed by atoms with Gasteiger partial charge in [0.2, 0.25) is 5.89 Å². The Morgan fingerprint density at radius 3 is 2.56 bits per heavy atom. The number of halogens is 1. The van der Waals surface area contributed by atoms with Crippen molar-refractivity contribution in [3.05, 3.63) is 47.4 Å². The van der Waals surface area contributed by atoms with Crippen molar-refractivity contribution in [3.8, 4) is 0 Å². The smallest absolute Gasteiger partial charge is 0.243 e. The molecule has 1 aromatic carbocycles. The van der Waals surface area contributed by atoms with Crippen LogP contribution in [0.4, 0.5) is 4.39 Å². The van der Waals surface area contributed by atoms with E-state index >= 15 is 0 Å². The Hall–Kier alpha value is -1.75. The fraction of sp³-hybridized carbons (Fsp3) is 0.385. The molecule has 2 rings (SSSR count). The van der Waals surface area contributed by atoms with E-state index < -0.39 is 0 Å². The summed E-state index contributed by atoms with van der Waals surface area (Å²) in [6, 6.07) is 5.98. The van der Waals surface area contributed by atoms with Crippen LogP contribution in [0.2, 0.25) is 0 Å². The second kappa shape index (κ2) is 5.27. The summed E-state index contributed by atoms with van der Waals surface area (Å²) in [5, 5.41) is 3.88. The number of nitrogens with two attached hydrogens (primary N) is 1. The predicted octanol–water partition coefficient (Wildman–Crippen LogP) is 2.46. The fourth-order valence-electron chi connectivity index (χ4n) is 1.54. The van der Waals surface area contributed by atoms with Crippen LogP contribution in [0.3, 0.4) is 0 Å². The topological polar surface area (TPSA) is 64.9 Å². The van der Waals surface area contributed by atoms with Crippen molar-refractivity contribution in [3.63, 3.8) is 0 Å². The molecule has 0 unspecified atom stereocenters. The molecule has 2 aromatic rings. The van der Waals surface area contributed by atoms with Crippen LogP contribution in [-0.4, -0.2) is 10.1 Å². The first-order valence-corrected chi connectivity index (χ1v) is 5.89. The molecule has 4 nitrogen and oxygen atoms in total. The molecule has 96 valence electrons. The van der Waals surface area contributed by atoms with E-state index in [4.69, 9.17) is 10.3 Å². The molecular weight excluding hydrogens is 233 g/mol. The highest BCUT2D eigenvalue weighted by atomic mass is 19.1. The number of rotatable bonds is 4. The average molecular weight is 249 g/mol. The lowest BCUT2D eigenvalue weighted by Crippen LogP contribution is -2.17. The Morgan fingerprint density at radius 1 is 1.28 bits per heavy atom. The summed E-state index contributed by atoms with van der Waals surface area (Å²) in [5.41, 5.74) is 6.85. The largest absolute Gasteiger partial charge is 0.338 e. The third-order valence-corrected chi connectivity index (χ3v) is 2.76. The van der Waals surface area contributed by atoms with Crippen molar-refractivity contribution in [1.82, 2.24) is 10.1 Å². The highest BCUT2D eigenvalue weighted by molar-refractivity contribution is 5.19. The maximum absolute atomic E-state index is 12.8. The first-order valence-electron chi connectivity index (χ1n) is 5.89. The van der Waals surface area contributed by atoms with Gasteiger partial charge in [0.05, 0.1) is 6.04 Å². The van der Waals surface area contributed by atoms with Gasteiger partial charge >= 0.3 is 0 Å². The van der Waals surface area contributed by atoms with Crippen molar-refractivity contribution in [2.45, 2.75) is 26.3 Å². The molecule has 0 fully saturated rings. The van der Waals surface area contributed by atoms with Crippen LogP contribution in [0, 0.1) is 11.7 Å². The van der Waals surface area contributed by atoms with E-state index in [1.165, 1.54) is 12.1 Å². The molecule has 2 N–H and O–H groups in total. The quantitative estimate of drug-likeness (QED) is 0.904. The SMILES string of the molecule is CC(C)[C@@H](N)c1nc(Cc2ccc(F)cc2)no1. The lowest BCUT2D eigenvalue weighted by Gasteiger charge is -2.09. The number of benzene rings is 1. The highest BCUT2D eigenvalue weighted by Gasteiger charge is 2.17. The van der Waals surface area contributed by atoms with Gasteiger partial charge in [-0.15, -0.1) is 0 Å². The van der Waals surface area contributed by atoms with E-state index in [9.17, 15) is 4.39 Å². The minimum absolute atomic E-state index is 0.240. The van der Waals surface area contributed by atoms with Crippen molar-refractivity contribution in [2.24, 2.45) is 11.7 Å². The van der Waals surface area contributed by atoms with Gasteiger partial charge in [0.25, 0.3) is 0 Å². The van der Waals surface area contributed by atoms with E-state index in [1.807, 2.05) is 13.8 Å². The molecule has 0 spiro atoms. The second-order valence-corrected chi connectivity index (χ2v) is 4.62. The summed E-state index contributed by atoms with van der Waals surface area (Å²) in [4.78, 5) is 4.25. The van der Waals surface area contributed by atoms with Crippen LogP contribution in [0.15, 0.2) is 28.8 Å². The molecule has 0 saturated carbocycles. The molecule has 0 radical (unpaired) electrons. The van der Waals surface area contributed by atoms with E-state index in [-0.39, 0.29) is 17.8 Å². The summed E-state index contributed by atoms with van der Waals surface area (Å²) in [6.45, 7) is 3.99. The molecule has 1 aromatic heterocycles. The van der Waals surface area contributed by atoms with Crippen LogP contribution in [-0.2, 0) is 6.42 Å². The van der Waals surface area contributed by atoms with E-state index in [2.05, 4.69) is 10.1 Å². The first-order chi connectivity index (χ1) is 8.56. The fourth-order valence-corrected chi connectivity index (χ4v) is 1.54. The van der Waals surface area contributed by atoms with Gasteiger partial charge in [0, 0.05) is 6.42 Å². The summed E-state index contributed by atoms with van der Waals surface area (Å²) in [6.07, 6.45) is 0.509. The van der Waals surface area contributed by atoms with Crippen LogP contribution in [0.5, 0.6) is 0 Å². The molecule has 0 aliphatic carbocycles. The van der Waals surface area contributed by atoms with Crippen molar-refractivity contribution >= 4 is 0 Å². The zero-order chi connectivity index (χ0) is 13.1. The Labute approximate surface area is 105 Å². The normalized spacial score (nSPS) is 12.9. The maximum atomic E-state index is 12.8. The summed E-state index contributed by atoms with van der Waals surface area (Å²) in [7, 11) is 0. The lowest BCUT2D eigenvalue weighted by molar-refractivity contribution is 0.322. The lowest BCUT2D eigenvalue weighted by atomic mass is 10.1. The number of hydrogen-bond donors (Lipinski definition) is 1. The molecule has 0 amide bonds. The third-order valence-electron chi connectivity index (χ3n) is 2.76. The number of hydrogen-bond acceptors (Lipinski definition) is 4. The molecule has 1 atom stereocenters. The molecule has 0 aliphatic rings. The van der Waals surface area contributed by atoms with E-state index in [0.29, 0.717) is 18.1 Å². The van der Waals surface area contributed by atoms with Gasteiger partial charge in [-0.3, -0.25) is 0 Å². The van der Waals surface area contributed by atoms with Crippen molar-refractivity contribution in [2.75, 3.05) is 0 Å². The van der Waals surface area contributed by atoms with Crippen LogP contribution in [0.25, 0.3) is 0 Å². The van der Waals surface area contributed by atoms with Gasteiger partial charge in [-0.25, -0.2) is 4.39 Å². The standard InChI is InChI=1S/C13H16FN3O/c1-8(2)12(15)13-16-11(17-18-13)7-9-3-5-10(14)6-4-9/h3-6,8,12H,7,15H2,1-2H3/t12-/m1/s1. The Kier molecular flexibility index (Phi) is 3.72. The van der Waals surface area contributed by atoms with Gasteiger partial charge in [-0.05, 0) is 23.6 Å². The molecule has 0 bridgehead atoms. The minimum Gasteiger partial charge on any atom is -0.338 e. The molecule has 0 aliphatic heterocycles. The minimum atomic E-state index is -0.255. The first kappa shape index (κ1) is 12.7.